The number of benzene rings is 1. The molecule has 1 atom stereocenters. The molecule has 1 N–H and O–H groups in total. The van der Waals surface area contributed by atoms with Crippen molar-refractivity contribution in [2.75, 3.05) is 13.7 Å². The molecule has 1 unspecified atom stereocenters. The van der Waals surface area contributed by atoms with E-state index in [-0.39, 0.29) is 17.9 Å². The Hall–Kier alpha value is -1.06. The van der Waals surface area contributed by atoms with Gasteiger partial charge < -0.3 is 10.1 Å². The number of methoxy groups -OCH3 is 1. The summed E-state index contributed by atoms with van der Waals surface area (Å²) in [5, 5.41) is 3.42. The Balaban J connectivity index is 0.00000144. The molecule has 0 bridgehead atoms. The van der Waals surface area contributed by atoms with Gasteiger partial charge in [0, 0.05) is 24.9 Å². The van der Waals surface area contributed by atoms with Gasteiger partial charge in [-0.1, -0.05) is 12.1 Å². The largest absolute Gasteiger partial charge is 0.497 e. The number of Topliss-reactive ketones (excluding diaryl/α,β-unsaturated/α-hetero) is 1. The fourth-order valence-corrected chi connectivity index (χ4v) is 2.19. The number of nitrogens with one attached hydrogen (secondary N) is 1. The zero-order valence-corrected chi connectivity index (χ0v) is 11.0. The maximum atomic E-state index is 11.5. The lowest BCUT2D eigenvalue weighted by Crippen LogP contribution is -2.46. The van der Waals surface area contributed by atoms with Crippen LogP contribution >= 0.6 is 12.4 Å². The summed E-state index contributed by atoms with van der Waals surface area (Å²) >= 11 is 0. The second-order valence-corrected chi connectivity index (χ2v) is 4.45. The SMILES string of the molecule is COc1ccc(C2(C)CC(=O)CCN2)cc1.Cl. The molecule has 0 radical (unpaired) electrons. The second kappa shape index (κ2) is 5.52. The summed E-state index contributed by atoms with van der Waals surface area (Å²) in [7, 11) is 1.65. The average Bonchev–Trinajstić information content (AvgIpc) is 2.29. The van der Waals surface area contributed by atoms with Gasteiger partial charge in [-0.2, -0.15) is 0 Å². The molecule has 4 heteroatoms. The van der Waals surface area contributed by atoms with Gasteiger partial charge in [0.1, 0.15) is 11.5 Å². The highest BCUT2D eigenvalue weighted by atomic mass is 35.5. The summed E-state index contributed by atoms with van der Waals surface area (Å²) < 4.78 is 5.12. The topological polar surface area (TPSA) is 38.3 Å². The van der Waals surface area contributed by atoms with Crippen LogP contribution in [0.25, 0.3) is 0 Å². The number of hydrogen-bond acceptors (Lipinski definition) is 3. The standard InChI is InChI=1S/C13H17NO2.ClH/c1-13(9-11(15)7-8-14-13)10-3-5-12(16-2)6-4-10;/h3-6,14H,7-9H2,1-2H3;1H. The van der Waals surface area contributed by atoms with Gasteiger partial charge in [0.2, 0.25) is 0 Å². The molecule has 1 heterocycles. The van der Waals surface area contributed by atoms with Gasteiger partial charge in [0.25, 0.3) is 0 Å². The summed E-state index contributed by atoms with van der Waals surface area (Å²) in [6, 6.07) is 7.90. The number of hydrogen-bond donors (Lipinski definition) is 1. The van der Waals surface area contributed by atoms with Crippen LogP contribution in [0, 0.1) is 0 Å². The van der Waals surface area contributed by atoms with E-state index in [4.69, 9.17) is 4.74 Å². The predicted molar refractivity (Wildman–Crippen MR) is 69.8 cm³/mol. The van der Waals surface area contributed by atoms with Crippen molar-refractivity contribution in [3.8, 4) is 5.75 Å². The molecule has 1 aliphatic heterocycles. The Bertz CT molecular complexity index is 391. The van der Waals surface area contributed by atoms with Crippen molar-refractivity contribution in [3.05, 3.63) is 29.8 Å². The highest BCUT2D eigenvalue weighted by Crippen LogP contribution is 2.29. The number of piperidine rings is 1. The number of ether oxygens (including phenoxy) is 1. The van der Waals surface area contributed by atoms with Crippen molar-refractivity contribution in [3.63, 3.8) is 0 Å². The smallest absolute Gasteiger partial charge is 0.136 e. The van der Waals surface area contributed by atoms with Crippen LogP contribution < -0.4 is 10.1 Å². The van der Waals surface area contributed by atoms with Gasteiger partial charge in [-0.05, 0) is 24.6 Å². The first-order chi connectivity index (χ1) is 7.64. The van der Waals surface area contributed by atoms with Gasteiger partial charge in [-0.15, -0.1) is 12.4 Å². The maximum absolute atomic E-state index is 11.5. The first kappa shape index (κ1) is 14.0. The lowest BCUT2D eigenvalue weighted by atomic mass is 9.83. The normalized spacial score (nSPS) is 24.0. The lowest BCUT2D eigenvalue weighted by Gasteiger charge is -2.34. The summed E-state index contributed by atoms with van der Waals surface area (Å²) in [4.78, 5) is 11.5. The van der Waals surface area contributed by atoms with Crippen LogP contribution in [0.4, 0.5) is 0 Å². The number of carbonyl (C=O) groups is 1. The maximum Gasteiger partial charge on any atom is 0.136 e. The molecule has 1 aromatic rings. The van der Waals surface area contributed by atoms with Crippen molar-refractivity contribution in [1.29, 1.82) is 0 Å². The summed E-state index contributed by atoms with van der Waals surface area (Å²) in [6.45, 7) is 2.84. The van der Waals surface area contributed by atoms with Crippen LogP contribution in [0.2, 0.25) is 0 Å². The van der Waals surface area contributed by atoms with Crippen LogP contribution in [-0.4, -0.2) is 19.4 Å². The van der Waals surface area contributed by atoms with E-state index in [0.717, 1.165) is 17.9 Å². The molecule has 0 aliphatic carbocycles. The van der Waals surface area contributed by atoms with Crippen molar-refractivity contribution in [2.45, 2.75) is 25.3 Å². The van der Waals surface area contributed by atoms with Gasteiger partial charge in [0.15, 0.2) is 0 Å². The van der Waals surface area contributed by atoms with Gasteiger partial charge in [0.05, 0.1) is 7.11 Å². The molecule has 0 aromatic heterocycles. The van der Waals surface area contributed by atoms with Crippen molar-refractivity contribution in [2.24, 2.45) is 0 Å². The number of ketones is 1. The van der Waals surface area contributed by atoms with E-state index < -0.39 is 0 Å². The van der Waals surface area contributed by atoms with E-state index in [1.54, 1.807) is 7.11 Å². The Morgan fingerprint density at radius 1 is 1.29 bits per heavy atom. The molecule has 0 spiro atoms. The molecule has 1 saturated heterocycles. The van der Waals surface area contributed by atoms with E-state index in [1.807, 2.05) is 24.3 Å². The third kappa shape index (κ3) is 2.99. The molecule has 1 aliphatic rings. The highest BCUT2D eigenvalue weighted by molar-refractivity contribution is 5.85. The average molecular weight is 256 g/mol. The van der Waals surface area contributed by atoms with Crippen molar-refractivity contribution in [1.82, 2.24) is 5.32 Å². The molecule has 3 nitrogen and oxygen atoms in total. The first-order valence-corrected chi connectivity index (χ1v) is 5.55. The van der Waals surface area contributed by atoms with Gasteiger partial charge >= 0.3 is 0 Å². The Kier molecular flexibility index (Phi) is 4.54. The molecule has 0 saturated carbocycles. The molecular formula is C13H18ClNO2. The third-order valence-electron chi connectivity index (χ3n) is 3.20. The minimum atomic E-state index is -0.221. The number of rotatable bonds is 2. The molecule has 0 amide bonds. The molecule has 1 fully saturated rings. The molecule has 2 rings (SSSR count). The quantitative estimate of drug-likeness (QED) is 0.881. The van der Waals surface area contributed by atoms with Crippen LogP contribution in [-0.2, 0) is 10.3 Å². The van der Waals surface area contributed by atoms with Gasteiger partial charge in [-0.25, -0.2) is 0 Å². The van der Waals surface area contributed by atoms with Crippen molar-refractivity contribution < 1.29 is 9.53 Å². The molecule has 1 aromatic carbocycles. The lowest BCUT2D eigenvalue weighted by molar-refractivity contribution is -0.122. The van der Waals surface area contributed by atoms with Crippen molar-refractivity contribution >= 4 is 18.2 Å². The predicted octanol–water partition coefficient (Wildman–Crippen LogP) is 2.28. The molecule has 17 heavy (non-hydrogen) atoms. The van der Waals surface area contributed by atoms with Crippen LogP contribution in [0.5, 0.6) is 5.75 Å². The van der Waals surface area contributed by atoms with E-state index in [2.05, 4.69) is 12.2 Å². The Morgan fingerprint density at radius 2 is 1.94 bits per heavy atom. The van der Waals surface area contributed by atoms with Crippen LogP contribution in [0.15, 0.2) is 24.3 Å². The highest BCUT2D eigenvalue weighted by Gasteiger charge is 2.32. The minimum absolute atomic E-state index is 0. The van der Waals surface area contributed by atoms with Gasteiger partial charge in [-0.3, -0.25) is 4.79 Å². The van der Waals surface area contributed by atoms with E-state index in [1.165, 1.54) is 0 Å². The molecule has 94 valence electrons. The molecular weight excluding hydrogens is 238 g/mol. The number of halogens is 1. The fourth-order valence-electron chi connectivity index (χ4n) is 2.19. The monoisotopic (exact) mass is 255 g/mol. The van der Waals surface area contributed by atoms with Crippen LogP contribution in [0.1, 0.15) is 25.3 Å². The first-order valence-electron chi connectivity index (χ1n) is 5.55. The zero-order chi connectivity index (χ0) is 11.6. The fraction of sp³-hybridized carbons (Fsp3) is 0.462. The Morgan fingerprint density at radius 3 is 2.47 bits per heavy atom. The van der Waals surface area contributed by atoms with E-state index >= 15 is 0 Å². The summed E-state index contributed by atoms with van der Waals surface area (Å²) in [5.74, 6) is 1.17. The summed E-state index contributed by atoms with van der Waals surface area (Å²) in [6.07, 6.45) is 1.21. The Labute approximate surface area is 108 Å². The summed E-state index contributed by atoms with van der Waals surface area (Å²) in [5.41, 5.74) is 0.920. The third-order valence-corrected chi connectivity index (χ3v) is 3.20. The second-order valence-electron chi connectivity index (χ2n) is 4.45. The van der Waals surface area contributed by atoms with E-state index in [9.17, 15) is 4.79 Å². The van der Waals surface area contributed by atoms with E-state index in [0.29, 0.717) is 18.6 Å². The van der Waals surface area contributed by atoms with Crippen LogP contribution in [0.3, 0.4) is 0 Å². The minimum Gasteiger partial charge on any atom is -0.497 e. The zero-order valence-electron chi connectivity index (χ0n) is 10.2. The number of carbonyl (C=O) groups excluding carboxylic acids is 1.